The van der Waals surface area contributed by atoms with Crippen molar-refractivity contribution in [1.29, 1.82) is 0 Å². The molecule has 0 aliphatic carbocycles. The van der Waals surface area contributed by atoms with E-state index in [0.29, 0.717) is 6.04 Å². The van der Waals surface area contributed by atoms with E-state index in [4.69, 9.17) is 0 Å². The highest BCUT2D eigenvalue weighted by Gasteiger charge is 2.18. The Balaban J connectivity index is 2.18. The van der Waals surface area contributed by atoms with Crippen LogP contribution < -0.4 is 5.32 Å². The van der Waals surface area contributed by atoms with Crippen LogP contribution in [0.15, 0.2) is 0 Å². The lowest BCUT2D eigenvalue weighted by molar-refractivity contribution is 0.178. The third-order valence-electron chi connectivity index (χ3n) is 3.24. The Hall–Kier alpha value is -0.0800. The van der Waals surface area contributed by atoms with Gasteiger partial charge in [0.15, 0.2) is 0 Å². The van der Waals surface area contributed by atoms with Crippen LogP contribution in [0, 0.1) is 0 Å². The van der Waals surface area contributed by atoms with Crippen LogP contribution in [0.4, 0.5) is 0 Å². The van der Waals surface area contributed by atoms with Crippen LogP contribution in [-0.4, -0.2) is 37.1 Å². The summed E-state index contributed by atoms with van der Waals surface area (Å²) in [6.45, 7) is 6.96. The number of piperidine rings is 1. The van der Waals surface area contributed by atoms with Crippen LogP contribution in [-0.2, 0) is 0 Å². The molecule has 0 radical (unpaired) electrons. The normalized spacial score (nSPS) is 27.5. The second-order valence-corrected chi connectivity index (χ2v) is 4.35. The molecule has 1 fully saturated rings. The summed E-state index contributed by atoms with van der Waals surface area (Å²) in [6, 6.07) is 1.46. The Morgan fingerprint density at radius 3 is 2.85 bits per heavy atom. The van der Waals surface area contributed by atoms with Crippen molar-refractivity contribution >= 4 is 0 Å². The molecule has 0 aromatic rings. The van der Waals surface area contributed by atoms with Crippen LogP contribution in [0.2, 0.25) is 0 Å². The Labute approximate surface area is 82.7 Å². The van der Waals surface area contributed by atoms with Gasteiger partial charge in [-0.15, -0.1) is 0 Å². The fourth-order valence-electron chi connectivity index (χ4n) is 1.88. The number of nitrogens with one attached hydrogen (secondary N) is 1. The molecule has 1 rings (SSSR count). The highest BCUT2D eigenvalue weighted by Crippen LogP contribution is 2.14. The fourth-order valence-corrected chi connectivity index (χ4v) is 1.88. The molecular weight excluding hydrogens is 160 g/mol. The van der Waals surface area contributed by atoms with Gasteiger partial charge in [-0.25, -0.2) is 0 Å². The van der Waals surface area contributed by atoms with Crippen molar-refractivity contribution in [3.05, 3.63) is 0 Å². The maximum absolute atomic E-state index is 3.59. The molecule has 13 heavy (non-hydrogen) atoms. The smallest absolute Gasteiger partial charge is 0.0217 e. The van der Waals surface area contributed by atoms with E-state index in [1.807, 2.05) is 0 Å². The summed E-state index contributed by atoms with van der Waals surface area (Å²) < 4.78 is 0. The summed E-state index contributed by atoms with van der Waals surface area (Å²) in [5.74, 6) is 0. The maximum Gasteiger partial charge on any atom is 0.0217 e. The van der Waals surface area contributed by atoms with Gasteiger partial charge >= 0.3 is 0 Å². The third-order valence-corrected chi connectivity index (χ3v) is 3.24. The molecule has 1 N–H and O–H groups in total. The van der Waals surface area contributed by atoms with Gasteiger partial charge in [-0.2, -0.15) is 0 Å². The minimum Gasteiger partial charge on any atom is -0.313 e. The van der Waals surface area contributed by atoms with E-state index < -0.39 is 0 Å². The van der Waals surface area contributed by atoms with E-state index in [1.54, 1.807) is 0 Å². The molecule has 2 heteroatoms. The van der Waals surface area contributed by atoms with Crippen LogP contribution in [0.3, 0.4) is 0 Å². The van der Waals surface area contributed by atoms with Crippen molar-refractivity contribution in [1.82, 2.24) is 10.2 Å². The molecule has 2 unspecified atom stereocenters. The molecule has 0 aromatic carbocycles. The fraction of sp³-hybridized carbons (Fsp3) is 1.00. The number of likely N-dealkylation sites (N-methyl/N-ethyl adjacent to an activating group) is 1. The minimum absolute atomic E-state index is 0.676. The summed E-state index contributed by atoms with van der Waals surface area (Å²) in [6.07, 6.45) is 5.41. The lowest BCUT2D eigenvalue weighted by Crippen LogP contribution is -2.44. The largest absolute Gasteiger partial charge is 0.313 e. The third kappa shape index (κ3) is 3.65. The summed E-state index contributed by atoms with van der Waals surface area (Å²) in [4.78, 5) is 2.50. The Morgan fingerprint density at radius 2 is 2.23 bits per heavy atom. The number of rotatable bonds is 4. The molecule has 1 aliphatic rings. The van der Waals surface area contributed by atoms with Crippen molar-refractivity contribution < 1.29 is 0 Å². The SMILES string of the molecule is CCC(C)NCC1CCCCN1C. The quantitative estimate of drug-likeness (QED) is 0.717. The molecule has 2 nitrogen and oxygen atoms in total. The van der Waals surface area contributed by atoms with E-state index in [0.717, 1.165) is 6.04 Å². The molecule has 1 saturated heterocycles. The summed E-state index contributed by atoms with van der Waals surface area (Å²) in [7, 11) is 2.25. The molecule has 1 heterocycles. The number of hydrogen-bond donors (Lipinski definition) is 1. The standard InChI is InChI=1S/C11H24N2/c1-4-10(2)12-9-11-7-5-6-8-13(11)3/h10-12H,4-9H2,1-3H3. The van der Waals surface area contributed by atoms with E-state index in [-0.39, 0.29) is 0 Å². The predicted molar refractivity (Wildman–Crippen MR) is 58.0 cm³/mol. The van der Waals surface area contributed by atoms with E-state index in [9.17, 15) is 0 Å². The second-order valence-electron chi connectivity index (χ2n) is 4.35. The topological polar surface area (TPSA) is 15.3 Å². The first kappa shape index (κ1) is 11.0. The van der Waals surface area contributed by atoms with Crippen LogP contribution in [0.25, 0.3) is 0 Å². The number of likely N-dealkylation sites (tertiary alicyclic amines) is 1. The highest BCUT2D eigenvalue weighted by atomic mass is 15.2. The van der Waals surface area contributed by atoms with E-state index in [2.05, 4.69) is 31.1 Å². The van der Waals surface area contributed by atoms with Crippen molar-refractivity contribution in [3.63, 3.8) is 0 Å². The molecule has 0 amide bonds. The van der Waals surface area contributed by atoms with Crippen LogP contribution in [0.1, 0.15) is 39.5 Å². The van der Waals surface area contributed by atoms with Gasteiger partial charge in [-0.05, 0) is 39.8 Å². The van der Waals surface area contributed by atoms with Crippen molar-refractivity contribution in [2.75, 3.05) is 20.1 Å². The summed E-state index contributed by atoms with van der Waals surface area (Å²) in [5, 5.41) is 3.59. The molecule has 0 spiro atoms. The first-order valence-electron chi connectivity index (χ1n) is 5.67. The second kappa shape index (κ2) is 5.61. The van der Waals surface area contributed by atoms with Crippen molar-refractivity contribution in [2.45, 2.75) is 51.6 Å². The molecule has 2 atom stereocenters. The van der Waals surface area contributed by atoms with E-state index in [1.165, 1.54) is 38.8 Å². The molecular formula is C11H24N2. The van der Waals surface area contributed by atoms with Gasteiger partial charge in [0.25, 0.3) is 0 Å². The Bertz CT molecular complexity index is 136. The lowest BCUT2D eigenvalue weighted by Gasteiger charge is -2.33. The van der Waals surface area contributed by atoms with Crippen LogP contribution >= 0.6 is 0 Å². The average molecular weight is 184 g/mol. The highest BCUT2D eigenvalue weighted by molar-refractivity contribution is 4.77. The molecule has 0 aromatic heterocycles. The average Bonchev–Trinajstić information content (AvgIpc) is 2.16. The zero-order valence-electron chi connectivity index (χ0n) is 9.34. The Kier molecular flexibility index (Phi) is 4.74. The summed E-state index contributed by atoms with van der Waals surface area (Å²) >= 11 is 0. The van der Waals surface area contributed by atoms with Gasteiger partial charge in [0.2, 0.25) is 0 Å². The summed E-state index contributed by atoms with van der Waals surface area (Å²) in [5.41, 5.74) is 0. The van der Waals surface area contributed by atoms with Gasteiger partial charge in [0, 0.05) is 18.6 Å². The van der Waals surface area contributed by atoms with Gasteiger partial charge in [-0.3, -0.25) is 0 Å². The number of nitrogens with zero attached hydrogens (tertiary/aromatic N) is 1. The van der Waals surface area contributed by atoms with Crippen LogP contribution in [0.5, 0.6) is 0 Å². The van der Waals surface area contributed by atoms with Crippen molar-refractivity contribution in [3.8, 4) is 0 Å². The van der Waals surface area contributed by atoms with Crippen molar-refractivity contribution in [2.24, 2.45) is 0 Å². The monoisotopic (exact) mass is 184 g/mol. The molecule has 0 saturated carbocycles. The first-order chi connectivity index (χ1) is 6.24. The van der Waals surface area contributed by atoms with Gasteiger partial charge in [0.05, 0.1) is 0 Å². The lowest BCUT2D eigenvalue weighted by atomic mass is 10.0. The van der Waals surface area contributed by atoms with E-state index >= 15 is 0 Å². The zero-order chi connectivity index (χ0) is 9.68. The number of hydrogen-bond acceptors (Lipinski definition) is 2. The molecule has 1 aliphatic heterocycles. The molecule has 0 bridgehead atoms. The first-order valence-corrected chi connectivity index (χ1v) is 5.67. The van der Waals surface area contributed by atoms with Gasteiger partial charge in [0.1, 0.15) is 0 Å². The Morgan fingerprint density at radius 1 is 1.46 bits per heavy atom. The predicted octanol–water partition coefficient (Wildman–Crippen LogP) is 1.86. The van der Waals surface area contributed by atoms with Gasteiger partial charge < -0.3 is 10.2 Å². The minimum atomic E-state index is 0.676. The van der Waals surface area contributed by atoms with Gasteiger partial charge in [-0.1, -0.05) is 13.3 Å². The maximum atomic E-state index is 3.59. The molecule has 78 valence electrons. The zero-order valence-corrected chi connectivity index (χ0v) is 9.34.